The predicted octanol–water partition coefficient (Wildman–Crippen LogP) is 8.07. The van der Waals surface area contributed by atoms with Gasteiger partial charge in [-0.25, -0.2) is 4.79 Å². The molecule has 3 aliphatic heterocycles. The Morgan fingerprint density at radius 2 is 1.27 bits per heavy atom. The van der Waals surface area contributed by atoms with E-state index >= 15 is 0 Å². The summed E-state index contributed by atoms with van der Waals surface area (Å²) in [6, 6.07) is 0. The maximum absolute atomic E-state index is 12.5. The molecule has 7 nitrogen and oxygen atoms in total. The van der Waals surface area contributed by atoms with Crippen molar-refractivity contribution >= 4 is 11.8 Å². The number of hydrogen-bond donors (Lipinski definition) is 2. The molecule has 0 saturated carbocycles. The summed E-state index contributed by atoms with van der Waals surface area (Å²) in [6.07, 6.45) is 25.1. The van der Waals surface area contributed by atoms with Crippen LogP contribution in [0, 0.1) is 0 Å². The second-order valence-corrected chi connectivity index (χ2v) is 13.9. The molecular formula is C37H64O7. The molecule has 44 heavy (non-hydrogen) atoms. The van der Waals surface area contributed by atoms with Crippen molar-refractivity contribution < 1.29 is 34.0 Å². The Morgan fingerprint density at radius 3 is 1.82 bits per heavy atom. The lowest BCUT2D eigenvalue weighted by Crippen LogP contribution is -2.31. The third kappa shape index (κ3) is 14.4. The highest BCUT2D eigenvalue weighted by molar-refractivity contribution is 5.90. The number of esters is 1. The molecule has 0 bridgehead atoms. The molecule has 0 amide bonds. The molecule has 2 saturated heterocycles. The van der Waals surface area contributed by atoms with Crippen LogP contribution in [-0.4, -0.2) is 64.7 Å². The Hall–Kier alpha value is -1.28. The summed E-state index contributed by atoms with van der Waals surface area (Å²) < 4.78 is 17.3. The van der Waals surface area contributed by atoms with E-state index in [1.807, 2.05) is 13.0 Å². The second-order valence-electron chi connectivity index (χ2n) is 13.9. The summed E-state index contributed by atoms with van der Waals surface area (Å²) in [5.41, 5.74) is 0.696. The number of unbranched alkanes of at least 4 members (excludes halogenated alkanes) is 13. The predicted molar refractivity (Wildman–Crippen MR) is 174 cm³/mol. The molecular weight excluding hydrogens is 556 g/mol. The standard InChI is InChI=1S/C37H64O7/c1-3-4-5-6-7-8-9-10-11-12-13-16-19-33(39)35-23-24-36(44-35)34(40)20-17-14-15-18-30(38)27-32-22-21-31(43-32)26-29-25-28(2)42-37(29)41/h25,28,31-36,39-40H,3-24,26-27H2,1-2H3/t28-,31-,32+,33+,34+,35+,36+/m0/s1. The molecule has 0 aromatic heterocycles. The first-order valence-electron chi connectivity index (χ1n) is 18.5. The van der Waals surface area contributed by atoms with E-state index in [1.165, 1.54) is 70.6 Å². The van der Waals surface area contributed by atoms with Crippen LogP contribution in [0.2, 0.25) is 0 Å². The van der Waals surface area contributed by atoms with E-state index in [0.29, 0.717) is 31.3 Å². The van der Waals surface area contributed by atoms with Gasteiger partial charge in [-0.15, -0.1) is 0 Å². The first kappa shape index (κ1) is 37.2. The number of aliphatic hydroxyl groups is 2. The summed E-state index contributed by atoms with van der Waals surface area (Å²) >= 11 is 0. The lowest BCUT2D eigenvalue weighted by Gasteiger charge is -2.22. The maximum Gasteiger partial charge on any atom is 0.334 e. The highest BCUT2D eigenvalue weighted by atomic mass is 16.5. The fourth-order valence-corrected chi connectivity index (χ4v) is 7.14. The fourth-order valence-electron chi connectivity index (χ4n) is 7.14. The van der Waals surface area contributed by atoms with Crippen LogP contribution in [0.4, 0.5) is 0 Å². The SMILES string of the molecule is CCCCCCCCCCCCCC[C@@H](O)[C@H]1CC[C@H]([C@H](O)CCCCCC(=O)C[C@H]2CC[C@@H](CC3=C[C@H](C)OC3=O)O2)O1. The van der Waals surface area contributed by atoms with Crippen molar-refractivity contribution in [2.24, 2.45) is 0 Å². The molecule has 0 radical (unpaired) electrons. The van der Waals surface area contributed by atoms with Crippen LogP contribution >= 0.6 is 0 Å². The zero-order valence-corrected chi connectivity index (χ0v) is 28.0. The molecule has 3 heterocycles. The fraction of sp³-hybridized carbons (Fsp3) is 0.892. The molecule has 3 rings (SSSR count). The van der Waals surface area contributed by atoms with Gasteiger partial charge in [0.25, 0.3) is 0 Å². The molecule has 0 aliphatic carbocycles. The van der Waals surface area contributed by atoms with E-state index in [4.69, 9.17) is 14.2 Å². The van der Waals surface area contributed by atoms with E-state index in [1.54, 1.807) is 0 Å². The summed E-state index contributed by atoms with van der Waals surface area (Å²) in [7, 11) is 0. The van der Waals surface area contributed by atoms with Crippen LogP contribution in [-0.2, 0) is 23.8 Å². The minimum Gasteiger partial charge on any atom is -0.455 e. The van der Waals surface area contributed by atoms with Crippen molar-refractivity contribution in [2.75, 3.05) is 0 Å². The smallest absolute Gasteiger partial charge is 0.334 e. The molecule has 0 aromatic carbocycles. The third-order valence-electron chi connectivity index (χ3n) is 9.84. The molecule has 0 unspecified atom stereocenters. The number of carbonyl (C=O) groups is 2. The normalized spacial score (nSPS) is 26.6. The van der Waals surface area contributed by atoms with Gasteiger partial charge in [0.1, 0.15) is 11.9 Å². The van der Waals surface area contributed by atoms with Crippen molar-refractivity contribution in [3.8, 4) is 0 Å². The number of carbonyl (C=O) groups excluding carboxylic acids is 2. The molecule has 254 valence electrons. The van der Waals surface area contributed by atoms with E-state index < -0.39 is 12.2 Å². The maximum atomic E-state index is 12.5. The monoisotopic (exact) mass is 620 g/mol. The highest BCUT2D eigenvalue weighted by Crippen LogP contribution is 2.30. The minimum absolute atomic E-state index is 0.00808. The van der Waals surface area contributed by atoms with E-state index in [-0.39, 0.29) is 42.3 Å². The Balaban J connectivity index is 1.13. The Labute approximate surface area is 267 Å². The molecule has 0 aromatic rings. The van der Waals surface area contributed by atoms with Crippen LogP contribution in [0.25, 0.3) is 0 Å². The highest BCUT2D eigenvalue weighted by Gasteiger charge is 2.34. The molecule has 2 N–H and O–H groups in total. The van der Waals surface area contributed by atoms with Gasteiger partial charge < -0.3 is 24.4 Å². The van der Waals surface area contributed by atoms with Crippen LogP contribution < -0.4 is 0 Å². The van der Waals surface area contributed by atoms with Crippen molar-refractivity contribution in [1.29, 1.82) is 0 Å². The lowest BCUT2D eigenvalue weighted by molar-refractivity contribution is -0.139. The summed E-state index contributed by atoms with van der Waals surface area (Å²) in [5.74, 6) is -0.0129. The number of ketones is 1. The van der Waals surface area contributed by atoms with E-state index in [9.17, 15) is 19.8 Å². The zero-order valence-electron chi connectivity index (χ0n) is 28.0. The van der Waals surface area contributed by atoms with Gasteiger partial charge in [0, 0.05) is 24.8 Å². The van der Waals surface area contributed by atoms with Crippen LogP contribution in [0.1, 0.15) is 168 Å². The zero-order chi connectivity index (χ0) is 31.6. The molecule has 7 atom stereocenters. The molecule has 0 spiro atoms. The first-order chi connectivity index (χ1) is 21.4. The van der Waals surface area contributed by atoms with Gasteiger partial charge in [0.05, 0.1) is 36.6 Å². The van der Waals surface area contributed by atoms with Crippen LogP contribution in [0.15, 0.2) is 11.6 Å². The van der Waals surface area contributed by atoms with Crippen molar-refractivity contribution in [3.63, 3.8) is 0 Å². The summed E-state index contributed by atoms with van der Waals surface area (Å²) in [4.78, 5) is 24.3. The lowest BCUT2D eigenvalue weighted by atomic mass is 9.99. The van der Waals surface area contributed by atoms with Gasteiger partial charge in [0.2, 0.25) is 0 Å². The number of ether oxygens (including phenoxy) is 3. The van der Waals surface area contributed by atoms with Crippen LogP contribution in [0.3, 0.4) is 0 Å². The molecule has 7 heteroatoms. The van der Waals surface area contributed by atoms with Crippen molar-refractivity contribution in [1.82, 2.24) is 0 Å². The van der Waals surface area contributed by atoms with E-state index in [0.717, 1.165) is 57.8 Å². The Kier molecular flexibility index (Phi) is 18.2. The van der Waals surface area contributed by atoms with Gasteiger partial charge >= 0.3 is 5.97 Å². The first-order valence-corrected chi connectivity index (χ1v) is 18.5. The van der Waals surface area contributed by atoms with Crippen molar-refractivity contribution in [3.05, 3.63) is 11.6 Å². The van der Waals surface area contributed by atoms with Crippen LogP contribution in [0.5, 0.6) is 0 Å². The average molecular weight is 621 g/mol. The number of Topliss-reactive ketones (excluding diaryl/α,β-unsaturated/α-hetero) is 1. The quantitative estimate of drug-likeness (QED) is 0.0786. The average Bonchev–Trinajstić information content (AvgIpc) is 3.74. The molecule has 3 aliphatic rings. The van der Waals surface area contributed by atoms with Gasteiger partial charge in [-0.1, -0.05) is 96.8 Å². The van der Waals surface area contributed by atoms with Gasteiger partial charge in [-0.05, 0) is 57.9 Å². The summed E-state index contributed by atoms with van der Waals surface area (Å²) in [5, 5.41) is 21.3. The number of aliphatic hydroxyl groups excluding tert-OH is 2. The number of hydrogen-bond acceptors (Lipinski definition) is 7. The van der Waals surface area contributed by atoms with Gasteiger partial charge in [-0.2, -0.15) is 0 Å². The second kappa shape index (κ2) is 21.5. The minimum atomic E-state index is -0.506. The van der Waals surface area contributed by atoms with Gasteiger partial charge in [0.15, 0.2) is 0 Å². The Morgan fingerprint density at radius 1 is 0.750 bits per heavy atom. The largest absolute Gasteiger partial charge is 0.455 e. The topological polar surface area (TPSA) is 102 Å². The third-order valence-corrected chi connectivity index (χ3v) is 9.84. The van der Waals surface area contributed by atoms with Crippen molar-refractivity contribution in [2.45, 2.75) is 211 Å². The molecule has 2 fully saturated rings. The van der Waals surface area contributed by atoms with Gasteiger partial charge in [-0.3, -0.25) is 4.79 Å². The van der Waals surface area contributed by atoms with E-state index in [2.05, 4.69) is 6.92 Å². The number of rotatable bonds is 25. The Bertz CT molecular complexity index is 842. The summed E-state index contributed by atoms with van der Waals surface area (Å²) in [6.45, 7) is 4.12. The number of cyclic esters (lactones) is 1.